The van der Waals surface area contributed by atoms with Crippen LogP contribution in [0.15, 0.2) is 48.5 Å². The number of halogens is 3. The van der Waals surface area contributed by atoms with Crippen LogP contribution in [0.3, 0.4) is 0 Å². The van der Waals surface area contributed by atoms with Crippen LogP contribution in [0.1, 0.15) is 36.3 Å². The Hall–Kier alpha value is -3.56. The number of alkyl halides is 3. The van der Waals surface area contributed by atoms with Gasteiger partial charge in [-0.25, -0.2) is 4.79 Å². The predicted octanol–water partition coefficient (Wildman–Crippen LogP) is 4.07. The van der Waals surface area contributed by atoms with Crippen LogP contribution in [0.4, 0.5) is 18.0 Å². The van der Waals surface area contributed by atoms with E-state index in [1.165, 1.54) is 0 Å². The molecule has 0 saturated heterocycles. The quantitative estimate of drug-likeness (QED) is 0.492. The molecule has 0 radical (unpaired) electrons. The third kappa shape index (κ3) is 5.75. The summed E-state index contributed by atoms with van der Waals surface area (Å²) in [5, 5.41) is 13.4. The van der Waals surface area contributed by atoms with E-state index >= 15 is 0 Å². The highest BCUT2D eigenvalue weighted by atomic mass is 19.4. The highest BCUT2D eigenvalue weighted by Crippen LogP contribution is 2.44. The molecule has 0 bridgehead atoms. The molecule has 7 nitrogen and oxygen atoms in total. The smallest absolute Gasteiger partial charge is 0.407 e. The first-order valence-corrected chi connectivity index (χ1v) is 11.3. The number of carboxylic acid groups (broad SMARTS) is 1. The molecule has 4 rings (SSSR count). The van der Waals surface area contributed by atoms with Crippen LogP contribution in [0.2, 0.25) is 0 Å². The molecule has 35 heavy (non-hydrogen) atoms. The normalized spacial score (nSPS) is 16.5. The van der Waals surface area contributed by atoms with Crippen molar-refractivity contribution < 1.29 is 37.4 Å². The summed E-state index contributed by atoms with van der Waals surface area (Å²) in [5.74, 6) is -5.64. The van der Waals surface area contributed by atoms with Crippen molar-refractivity contribution in [1.29, 1.82) is 0 Å². The largest absolute Gasteiger partial charge is 0.481 e. The fourth-order valence-corrected chi connectivity index (χ4v) is 4.46. The molecule has 1 fully saturated rings. The Kier molecular flexibility index (Phi) is 7.00. The Morgan fingerprint density at radius 2 is 1.57 bits per heavy atom. The van der Waals surface area contributed by atoms with Gasteiger partial charge in [0.15, 0.2) is 5.92 Å². The second kappa shape index (κ2) is 9.97. The number of carbonyl (C=O) groups is 3. The SMILES string of the molecule is O=C(CC(NC(=O)OCC1c2ccccc2-c2ccccc21)C1CC1)NCC(C(=O)O)C(F)(F)F. The van der Waals surface area contributed by atoms with E-state index in [1.807, 2.05) is 53.8 Å². The molecule has 2 aromatic rings. The van der Waals surface area contributed by atoms with Crippen molar-refractivity contribution in [3.8, 4) is 11.1 Å². The Bertz CT molecular complexity index is 1070. The number of benzene rings is 2. The van der Waals surface area contributed by atoms with Crippen LogP contribution in [-0.2, 0) is 14.3 Å². The van der Waals surface area contributed by atoms with Gasteiger partial charge >= 0.3 is 18.2 Å². The maximum atomic E-state index is 12.8. The first-order valence-electron chi connectivity index (χ1n) is 11.3. The molecular formula is C25H25F3N2O5. The highest BCUT2D eigenvalue weighted by Gasteiger charge is 2.45. The van der Waals surface area contributed by atoms with Crippen molar-refractivity contribution >= 4 is 18.0 Å². The van der Waals surface area contributed by atoms with Crippen LogP contribution in [0.5, 0.6) is 0 Å². The number of rotatable bonds is 9. The van der Waals surface area contributed by atoms with E-state index in [1.54, 1.807) is 0 Å². The molecule has 2 atom stereocenters. The van der Waals surface area contributed by atoms with Crippen molar-refractivity contribution in [2.24, 2.45) is 11.8 Å². The lowest BCUT2D eigenvalue weighted by molar-refractivity contribution is -0.192. The molecule has 2 unspecified atom stereocenters. The summed E-state index contributed by atoms with van der Waals surface area (Å²) in [6.07, 6.45) is -4.42. The summed E-state index contributed by atoms with van der Waals surface area (Å²) in [4.78, 5) is 35.6. The molecule has 2 amide bonds. The third-order valence-electron chi connectivity index (χ3n) is 6.44. The molecule has 0 heterocycles. The Morgan fingerprint density at radius 1 is 1.00 bits per heavy atom. The minimum atomic E-state index is -4.98. The highest BCUT2D eigenvalue weighted by molar-refractivity contribution is 5.80. The van der Waals surface area contributed by atoms with E-state index in [9.17, 15) is 27.6 Å². The zero-order valence-electron chi connectivity index (χ0n) is 18.7. The fraction of sp³-hybridized carbons (Fsp3) is 0.400. The van der Waals surface area contributed by atoms with Gasteiger partial charge in [0.25, 0.3) is 0 Å². The number of aliphatic carboxylic acids is 1. The van der Waals surface area contributed by atoms with E-state index in [0.717, 1.165) is 35.1 Å². The number of carboxylic acids is 1. The number of carbonyl (C=O) groups excluding carboxylic acids is 2. The van der Waals surface area contributed by atoms with Gasteiger partial charge in [-0.1, -0.05) is 48.5 Å². The van der Waals surface area contributed by atoms with Gasteiger partial charge in [-0.05, 0) is 41.0 Å². The molecule has 3 N–H and O–H groups in total. The van der Waals surface area contributed by atoms with Gasteiger partial charge in [0.2, 0.25) is 5.91 Å². The minimum absolute atomic E-state index is 0.0131. The standard InChI is InChI=1S/C25H25F3N2O5/c26-25(27,28)20(23(32)33)12-29-22(31)11-21(14-9-10-14)30-24(34)35-13-19-17-7-3-1-5-15(17)16-6-2-4-8-18(16)19/h1-8,14,19-21H,9-13H2,(H,29,31)(H,30,34)(H,32,33). The van der Waals surface area contributed by atoms with Gasteiger partial charge in [-0.3, -0.25) is 9.59 Å². The molecule has 2 aliphatic rings. The Balaban J connectivity index is 1.32. The molecule has 2 aliphatic carbocycles. The van der Waals surface area contributed by atoms with Crippen LogP contribution >= 0.6 is 0 Å². The van der Waals surface area contributed by atoms with Crippen molar-refractivity contribution in [2.75, 3.05) is 13.2 Å². The molecule has 186 valence electrons. The lowest BCUT2D eigenvalue weighted by atomic mass is 9.98. The number of nitrogens with one attached hydrogen (secondary N) is 2. The van der Waals surface area contributed by atoms with Crippen molar-refractivity contribution in [3.63, 3.8) is 0 Å². The van der Waals surface area contributed by atoms with Crippen molar-refractivity contribution in [3.05, 3.63) is 59.7 Å². The average molecular weight is 490 g/mol. The molecule has 0 spiro atoms. The molecule has 0 aromatic heterocycles. The summed E-state index contributed by atoms with van der Waals surface area (Å²) >= 11 is 0. The maximum Gasteiger partial charge on any atom is 0.407 e. The van der Waals surface area contributed by atoms with Gasteiger partial charge in [-0.2, -0.15) is 13.2 Å². The second-order valence-electron chi connectivity index (χ2n) is 8.85. The van der Waals surface area contributed by atoms with E-state index < -0.39 is 42.7 Å². The summed E-state index contributed by atoms with van der Waals surface area (Å²) in [6, 6.07) is 15.1. The maximum absolute atomic E-state index is 12.8. The zero-order valence-corrected chi connectivity index (χ0v) is 18.7. The number of fused-ring (bicyclic) bond motifs is 3. The van der Waals surface area contributed by atoms with Gasteiger partial charge in [0, 0.05) is 24.9 Å². The lowest BCUT2D eigenvalue weighted by Gasteiger charge is -2.20. The number of hydrogen-bond donors (Lipinski definition) is 3. The van der Waals surface area contributed by atoms with E-state index in [2.05, 4.69) is 5.32 Å². The monoisotopic (exact) mass is 490 g/mol. The zero-order chi connectivity index (χ0) is 25.2. The molecule has 0 aliphatic heterocycles. The Labute approximate surface area is 199 Å². The number of hydrogen-bond acceptors (Lipinski definition) is 4. The molecular weight excluding hydrogens is 465 g/mol. The van der Waals surface area contributed by atoms with Crippen molar-refractivity contribution in [2.45, 2.75) is 37.4 Å². The first kappa shape index (κ1) is 24.6. The van der Waals surface area contributed by atoms with Crippen LogP contribution in [0, 0.1) is 11.8 Å². The number of amides is 2. The molecule has 1 saturated carbocycles. The predicted molar refractivity (Wildman–Crippen MR) is 120 cm³/mol. The third-order valence-corrected chi connectivity index (χ3v) is 6.44. The topological polar surface area (TPSA) is 105 Å². The lowest BCUT2D eigenvalue weighted by Crippen LogP contribution is -2.44. The van der Waals surface area contributed by atoms with Crippen LogP contribution < -0.4 is 10.6 Å². The van der Waals surface area contributed by atoms with Crippen LogP contribution in [-0.4, -0.2) is 48.4 Å². The summed E-state index contributed by atoms with van der Waals surface area (Å²) in [7, 11) is 0. The molecule has 10 heteroatoms. The van der Waals surface area contributed by atoms with Gasteiger partial charge < -0.3 is 20.5 Å². The summed E-state index contributed by atoms with van der Waals surface area (Å²) < 4.78 is 43.9. The average Bonchev–Trinajstić information content (AvgIpc) is 3.59. The summed E-state index contributed by atoms with van der Waals surface area (Å²) in [6.45, 7) is -0.977. The van der Waals surface area contributed by atoms with Gasteiger partial charge in [0.1, 0.15) is 6.61 Å². The van der Waals surface area contributed by atoms with Crippen molar-refractivity contribution in [1.82, 2.24) is 10.6 Å². The Morgan fingerprint density at radius 3 is 2.09 bits per heavy atom. The minimum Gasteiger partial charge on any atom is -0.481 e. The number of alkyl carbamates (subject to hydrolysis) is 1. The van der Waals surface area contributed by atoms with E-state index in [-0.39, 0.29) is 24.9 Å². The fourth-order valence-electron chi connectivity index (χ4n) is 4.46. The van der Waals surface area contributed by atoms with Gasteiger partial charge in [0.05, 0.1) is 0 Å². The summed E-state index contributed by atoms with van der Waals surface area (Å²) in [5.41, 5.74) is 4.28. The van der Waals surface area contributed by atoms with Crippen LogP contribution in [0.25, 0.3) is 11.1 Å². The van der Waals surface area contributed by atoms with E-state index in [4.69, 9.17) is 9.84 Å². The second-order valence-corrected chi connectivity index (χ2v) is 8.85. The first-order chi connectivity index (χ1) is 16.6. The van der Waals surface area contributed by atoms with Gasteiger partial charge in [-0.15, -0.1) is 0 Å². The number of ether oxygens (including phenoxy) is 1. The molecule has 2 aromatic carbocycles. The van der Waals surface area contributed by atoms with E-state index in [0.29, 0.717) is 0 Å².